The van der Waals surface area contributed by atoms with Crippen molar-refractivity contribution in [1.29, 1.82) is 0 Å². The van der Waals surface area contributed by atoms with Crippen molar-refractivity contribution < 1.29 is 65.6 Å². The van der Waals surface area contributed by atoms with Crippen LogP contribution in [-0.4, -0.2) is 56.2 Å². The number of nitrogens with zero attached hydrogens (tertiary/aromatic N) is 1. The van der Waals surface area contributed by atoms with Crippen molar-refractivity contribution in [1.82, 2.24) is 4.48 Å². The van der Waals surface area contributed by atoms with Gasteiger partial charge in [-0.05, 0) is 35.4 Å². The molecule has 15 heteroatoms. The van der Waals surface area contributed by atoms with Crippen LogP contribution < -0.4 is 14.0 Å². The first-order valence-corrected chi connectivity index (χ1v) is 23.5. The Morgan fingerprint density at radius 2 is 0.753 bits per heavy atom. The zero-order valence-electron chi connectivity index (χ0n) is 39.7. The minimum Gasteiger partial charge on any atom is -0.456 e. The highest BCUT2D eigenvalue weighted by Gasteiger charge is 2.45. The maximum Gasteiger partial charge on any atom is 0.305 e. The van der Waals surface area contributed by atoms with Crippen LogP contribution >= 0.6 is 11.6 Å². The van der Waals surface area contributed by atoms with E-state index in [1.165, 1.54) is 36.4 Å². The number of rotatable bonds is 10. The summed E-state index contributed by atoms with van der Waals surface area (Å²) in [7, 11) is 0. The number of hydrogen-bond acceptors (Lipinski definition) is 13. The van der Waals surface area contributed by atoms with Gasteiger partial charge in [0.05, 0.1) is 11.1 Å². The Hall–Kier alpha value is -6.83. The Morgan fingerprint density at radius 1 is 0.384 bits per heavy atom. The van der Waals surface area contributed by atoms with E-state index in [2.05, 4.69) is 0 Å². The van der Waals surface area contributed by atoms with Crippen molar-refractivity contribution in [2.24, 2.45) is 0 Å². The second-order valence-corrected chi connectivity index (χ2v) is 20.1. The second-order valence-electron chi connectivity index (χ2n) is 19.5. The standard InChI is InChI=1S/C58H51ClNO13/c1-53(2)41-23-21-35(55(59,61)62)31-47(41)72-51-45(53)27-25-43(57(66,67)68)49(51)33-13-11-19-39(29-33)60(37-15-7-5-8-16-37,38-17-9-6-10-18-38)40-20-12-14-34(30-40)50-44(58(69,70)71)26-28-46-52(50)73-48-32-36(56(63,64)65)22-24-42(48)54(46,3)4/h5-32,61-71H,1-4H3/q+1. The summed E-state index contributed by atoms with van der Waals surface area (Å²) < 4.78 is 13.0. The molecule has 372 valence electrons. The van der Waals surface area contributed by atoms with Crippen molar-refractivity contribution in [2.75, 3.05) is 0 Å². The average molecular weight is 1010 g/mol. The smallest absolute Gasteiger partial charge is 0.305 e. The Labute approximate surface area is 424 Å². The van der Waals surface area contributed by atoms with Crippen molar-refractivity contribution >= 4 is 34.4 Å². The summed E-state index contributed by atoms with van der Waals surface area (Å²) in [5, 5.41) is 115. The zero-order valence-corrected chi connectivity index (χ0v) is 40.5. The minimum absolute atomic E-state index is 0.0787. The van der Waals surface area contributed by atoms with E-state index in [1.54, 1.807) is 48.5 Å². The predicted octanol–water partition coefficient (Wildman–Crippen LogP) is 8.78. The second kappa shape index (κ2) is 17.1. The highest BCUT2D eigenvalue weighted by atomic mass is 35.5. The third-order valence-electron chi connectivity index (χ3n) is 14.2. The summed E-state index contributed by atoms with van der Waals surface area (Å²) in [6.45, 7) is 7.66. The van der Waals surface area contributed by atoms with E-state index in [9.17, 15) is 56.2 Å². The Morgan fingerprint density at radius 3 is 1.14 bits per heavy atom. The molecule has 0 spiro atoms. The van der Waals surface area contributed by atoms with Crippen molar-refractivity contribution in [3.05, 3.63) is 214 Å². The number of aliphatic hydroxyl groups is 11. The fraction of sp³-hybridized carbons (Fsp3) is 0.172. The van der Waals surface area contributed by atoms with Crippen LogP contribution in [0, 0.1) is 0 Å². The summed E-state index contributed by atoms with van der Waals surface area (Å²) in [6.07, 6.45) is 0. The molecule has 0 atom stereocenters. The van der Waals surface area contributed by atoms with Crippen LogP contribution in [0.5, 0.6) is 23.0 Å². The molecule has 10 rings (SSSR count). The molecule has 2 aliphatic heterocycles. The van der Waals surface area contributed by atoms with Crippen LogP contribution in [0.15, 0.2) is 170 Å². The van der Waals surface area contributed by atoms with Crippen LogP contribution in [0.1, 0.15) is 72.2 Å². The summed E-state index contributed by atoms with van der Waals surface area (Å²) in [5.74, 6) is -9.41. The number of benzene rings is 8. The molecule has 0 saturated carbocycles. The average Bonchev–Trinajstić information content (AvgIpc) is 3.33. The molecule has 8 aromatic carbocycles. The van der Waals surface area contributed by atoms with Gasteiger partial charge in [-0.25, -0.2) is 0 Å². The number of halogens is 1. The topological polar surface area (TPSA) is 241 Å². The van der Waals surface area contributed by atoms with Crippen LogP contribution in [0.3, 0.4) is 0 Å². The zero-order chi connectivity index (χ0) is 52.3. The summed E-state index contributed by atoms with van der Waals surface area (Å²) in [4.78, 5) is 0. The first-order chi connectivity index (χ1) is 34.2. The SMILES string of the molecule is CC1(C)c2ccc(C(O)(O)O)cc2Oc2c1ccc(C(O)(O)O)c2-c1cccc([N+](c2ccccc2)(c2ccccc2)c2cccc(-c3c(C(O)(O)O)ccc4c3Oc3cc(C(O)(O)Cl)ccc3C4(C)C)c2)c1. The maximum absolute atomic E-state index is 11.1. The molecular weight excluding hydrogens is 954 g/mol. The van der Waals surface area contributed by atoms with E-state index in [-0.39, 0.29) is 60.9 Å². The van der Waals surface area contributed by atoms with E-state index in [0.29, 0.717) is 56.1 Å². The minimum atomic E-state index is -3.40. The number of fused-ring (bicyclic) bond motifs is 4. The summed E-state index contributed by atoms with van der Waals surface area (Å²) >= 11 is 5.94. The highest BCUT2D eigenvalue weighted by Crippen LogP contribution is 2.58. The summed E-state index contributed by atoms with van der Waals surface area (Å²) in [6, 6.07) is 48.2. The summed E-state index contributed by atoms with van der Waals surface area (Å²) in [5.41, 5.74) is 3.15. The lowest BCUT2D eigenvalue weighted by molar-refractivity contribution is -0.324. The van der Waals surface area contributed by atoms with E-state index in [1.807, 2.05) is 113 Å². The third-order valence-corrected chi connectivity index (χ3v) is 14.4. The van der Waals surface area contributed by atoms with Gasteiger partial charge in [0.1, 0.15) is 45.7 Å². The monoisotopic (exact) mass is 1000 g/mol. The highest BCUT2D eigenvalue weighted by molar-refractivity contribution is 6.21. The number of para-hydroxylation sites is 2. The molecule has 0 aliphatic carbocycles. The van der Waals surface area contributed by atoms with Gasteiger partial charge in [-0.15, -0.1) is 0 Å². The number of ether oxygens (including phenoxy) is 2. The van der Waals surface area contributed by atoms with Gasteiger partial charge in [0.2, 0.25) is 0 Å². The van der Waals surface area contributed by atoms with Crippen LogP contribution in [0.25, 0.3) is 22.3 Å². The Balaban J connectivity index is 1.24. The van der Waals surface area contributed by atoms with Gasteiger partial charge in [-0.3, -0.25) is 0 Å². The molecule has 73 heavy (non-hydrogen) atoms. The number of alkyl halides is 1. The molecule has 0 aromatic heterocycles. The molecule has 14 nitrogen and oxygen atoms in total. The normalized spacial score (nSPS) is 15.0. The first-order valence-electron chi connectivity index (χ1n) is 23.1. The molecule has 0 radical (unpaired) electrons. The van der Waals surface area contributed by atoms with Gasteiger partial charge in [-0.1, -0.05) is 136 Å². The quantitative estimate of drug-likeness (QED) is 0.0349. The maximum atomic E-state index is 11.1. The fourth-order valence-electron chi connectivity index (χ4n) is 10.6. The van der Waals surface area contributed by atoms with E-state index < -0.39 is 34.0 Å². The predicted molar refractivity (Wildman–Crippen MR) is 272 cm³/mol. The molecule has 11 N–H and O–H groups in total. The van der Waals surface area contributed by atoms with Crippen LogP contribution in [-0.2, 0) is 34.0 Å². The Kier molecular flexibility index (Phi) is 11.7. The third kappa shape index (κ3) is 8.28. The molecule has 8 aromatic rings. The molecule has 0 bridgehead atoms. The molecule has 0 saturated heterocycles. The van der Waals surface area contributed by atoms with Gasteiger partial charge in [-0.2, -0.15) is 4.48 Å². The van der Waals surface area contributed by atoms with Crippen molar-refractivity contribution in [3.63, 3.8) is 0 Å². The van der Waals surface area contributed by atoms with Gasteiger partial charge in [0.15, 0.2) is 0 Å². The van der Waals surface area contributed by atoms with Crippen LogP contribution in [0.2, 0.25) is 0 Å². The largest absolute Gasteiger partial charge is 0.456 e. The molecular formula is C58H51ClNO13+. The van der Waals surface area contributed by atoms with Gasteiger partial charge in [0, 0.05) is 104 Å². The fourth-order valence-corrected chi connectivity index (χ4v) is 10.7. The number of hydrogen-bond donors (Lipinski definition) is 11. The lowest BCUT2D eigenvalue weighted by Gasteiger charge is -2.39. The molecule has 0 unspecified atom stereocenters. The van der Waals surface area contributed by atoms with Gasteiger partial charge in [0.25, 0.3) is 5.25 Å². The van der Waals surface area contributed by atoms with E-state index in [4.69, 9.17) is 21.1 Å². The van der Waals surface area contributed by atoms with E-state index in [0.717, 1.165) is 0 Å². The van der Waals surface area contributed by atoms with Crippen LogP contribution in [0.4, 0.5) is 22.7 Å². The molecule has 0 fully saturated rings. The molecule has 0 amide bonds. The van der Waals surface area contributed by atoms with Crippen molar-refractivity contribution in [3.8, 4) is 45.3 Å². The van der Waals surface area contributed by atoms with Crippen molar-refractivity contribution in [2.45, 2.75) is 61.7 Å². The molecule has 2 heterocycles. The lowest BCUT2D eigenvalue weighted by atomic mass is 9.73. The first kappa shape index (κ1) is 49.7. The Bertz CT molecular complexity index is 3230. The number of quaternary nitrogens is 1. The molecule has 2 aliphatic rings. The van der Waals surface area contributed by atoms with Gasteiger partial charge >= 0.3 is 17.9 Å². The van der Waals surface area contributed by atoms with Gasteiger partial charge < -0.3 is 65.6 Å². The lowest BCUT2D eigenvalue weighted by Crippen LogP contribution is -2.33. The van der Waals surface area contributed by atoms with E-state index >= 15 is 0 Å².